The zero-order valence-corrected chi connectivity index (χ0v) is 23.2. The highest BCUT2D eigenvalue weighted by atomic mass is 32.2. The van der Waals surface area contributed by atoms with Gasteiger partial charge in [0, 0.05) is 12.1 Å². The van der Waals surface area contributed by atoms with Gasteiger partial charge in [-0.3, -0.25) is 14.5 Å². The summed E-state index contributed by atoms with van der Waals surface area (Å²) in [6.45, 7) is 3.05. The number of sulfonamides is 1. The van der Waals surface area contributed by atoms with E-state index in [2.05, 4.69) is 16.6 Å². The number of nitrogens with one attached hydrogen (secondary N) is 2. The van der Waals surface area contributed by atoms with Crippen LogP contribution in [0.1, 0.15) is 25.3 Å². The van der Waals surface area contributed by atoms with Crippen molar-refractivity contribution in [3.8, 4) is 39.3 Å². The molecule has 0 spiro atoms. The number of rotatable bonds is 13. The van der Waals surface area contributed by atoms with Crippen LogP contribution in [0, 0.1) is 0 Å². The molecule has 0 bridgehead atoms. The Balaban J connectivity index is 1.27. The SMILES string of the molecule is CCCc1cc(Oc2ccc(NS(C)(=O)=O)cc2)ccc1OCCCOc1ccc(-c2sc(=O)[nH]c2O)cc1. The number of H-pyrrole nitrogens is 1. The van der Waals surface area contributed by atoms with Gasteiger partial charge in [0.1, 0.15) is 23.0 Å². The first kappa shape index (κ1) is 28.1. The summed E-state index contributed by atoms with van der Waals surface area (Å²) in [6, 6.07) is 19.6. The highest BCUT2D eigenvalue weighted by Gasteiger charge is 2.10. The second kappa shape index (κ2) is 12.7. The minimum Gasteiger partial charge on any atom is -0.493 e. The monoisotopic (exact) mass is 570 g/mol. The van der Waals surface area contributed by atoms with Gasteiger partial charge in [0.2, 0.25) is 15.9 Å². The quantitative estimate of drug-likeness (QED) is 0.174. The number of aromatic nitrogens is 1. The first-order valence-electron chi connectivity index (χ1n) is 12.4. The Hall–Kier alpha value is -3.96. The van der Waals surface area contributed by atoms with Crippen molar-refractivity contribution in [3.63, 3.8) is 0 Å². The predicted molar refractivity (Wildman–Crippen MR) is 153 cm³/mol. The molecule has 0 saturated heterocycles. The number of anilines is 1. The fourth-order valence-corrected chi connectivity index (χ4v) is 5.11. The lowest BCUT2D eigenvalue weighted by atomic mass is 10.1. The Kier molecular flexibility index (Phi) is 9.15. The highest BCUT2D eigenvalue weighted by molar-refractivity contribution is 7.92. The van der Waals surface area contributed by atoms with Crippen LogP contribution >= 0.6 is 11.3 Å². The molecule has 0 fully saturated rings. The largest absolute Gasteiger partial charge is 0.493 e. The number of aromatic hydroxyl groups is 1. The van der Waals surface area contributed by atoms with Gasteiger partial charge < -0.3 is 19.3 Å². The van der Waals surface area contributed by atoms with E-state index in [1.54, 1.807) is 48.5 Å². The van der Waals surface area contributed by atoms with Crippen molar-refractivity contribution in [1.82, 2.24) is 4.98 Å². The van der Waals surface area contributed by atoms with E-state index in [0.717, 1.165) is 47.3 Å². The molecule has 206 valence electrons. The summed E-state index contributed by atoms with van der Waals surface area (Å²) in [6.07, 6.45) is 3.56. The molecule has 1 aromatic heterocycles. The number of aryl methyl sites for hydroxylation is 1. The van der Waals surface area contributed by atoms with Crippen LogP contribution in [0.4, 0.5) is 5.69 Å². The number of hydrogen-bond acceptors (Lipinski definition) is 8. The number of thiazole rings is 1. The van der Waals surface area contributed by atoms with E-state index in [1.807, 2.05) is 18.2 Å². The van der Waals surface area contributed by atoms with Crippen LogP contribution in [0.2, 0.25) is 0 Å². The molecular formula is C28H30N2O7S2. The summed E-state index contributed by atoms with van der Waals surface area (Å²) >= 11 is 0.956. The van der Waals surface area contributed by atoms with Crippen LogP contribution in [0.15, 0.2) is 71.5 Å². The van der Waals surface area contributed by atoms with Crippen LogP contribution < -0.4 is 23.8 Å². The molecule has 0 atom stereocenters. The van der Waals surface area contributed by atoms with E-state index < -0.39 is 10.0 Å². The third-order valence-electron chi connectivity index (χ3n) is 5.51. The standard InChI is InChI=1S/C28H30N2O7S2/c1-3-5-20-18-24(37-23-12-8-21(9-13-23)30-39(2,33)34)14-15-25(20)36-17-4-16-35-22-10-6-19(7-11-22)26-27(31)29-28(32)38-26/h6-15,18,30-31H,3-5,16-17H2,1-2H3,(H,29,32). The Morgan fingerprint density at radius 2 is 1.59 bits per heavy atom. The third-order valence-corrected chi connectivity index (χ3v) is 7.03. The maximum Gasteiger partial charge on any atom is 0.307 e. The molecule has 0 aliphatic carbocycles. The van der Waals surface area contributed by atoms with Crippen molar-refractivity contribution in [2.24, 2.45) is 0 Å². The highest BCUT2D eigenvalue weighted by Crippen LogP contribution is 2.31. The summed E-state index contributed by atoms with van der Waals surface area (Å²) < 4.78 is 43.0. The summed E-state index contributed by atoms with van der Waals surface area (Å²) in [5.41, 5.74) is 2.25. The molecule has 3 aromatic carbocycles. The van der Waals surface area contributed by atoms with Gasteiger partial charge in [0.05, 0.1) is 24.3 Å². The Morgan fingerprint density at radius 1 is 0.923 bits per heavy atom. The molecule has 4 rings (SSSR count). The average molecular weight is 571 g/mol. The topological polar surface area (TPSA) is 127 Å². The van der Waals surface area contributed by atoms with Crippen molar-refractivity contribution < 1.29 is 27.7 Å². The third kappa shape index (κ3) is 8.26. The molecule has 39 heavy (non-hydrogen) atoms. The molecule has 1 heterocycles. The summed E-state index contributed by atoms with van der Waals surface area (Å²) in [4.78, 5) is 14.0. The molecule has 0 radical (unpaired) electrons. The maximum absolute atomic E-state index is 11.4. The number of ether oxygens (including phenoxy) is 3. The van der Waals surface area contributed by atoms with E-state index in [4.69, 9.17) is 14.2 Å². The van der Waals surface area contributed by atoms with Crippen molar-refractivity contribution >= 4 is 27.0 Å². The van der Waals surface area contributed by atoms with Gasteiger partial charge in [-0.05, 0) is 84.3 Å². The predicted octanol–water partition coefficient (Wildman–Crippen LogP) is 5.77. The molecule has 0 amide bonds. The minimum absolute atomic E-state index is 0.129. The zero-order chi connectivity index (χ0) is 27.8. The number of hydrogen-bond donors (Lipinski definition) is 3. The van der Waals surface area contributed by atoms with Crippen molar-refractivity contribution in [2.75, 3.05) is 24.2 Å². The van der Waals surface area contributed by atoms with Crippen LogP contribution in [0.5, 0.6) is 28.9 Å². The minimum atomic E-state index is -3.33. The second-order valence-electron chi connectivity index (χ2n) is 8.79. The summed E-state index contributed by atoms with van der Waals surface area (Å²) in [7, 11) is -3.33. The van der Waals surface area contributed by atoms with Gasteiger partial charge >= 0.3 is 4.87 Å². The van der Waals surface area contributed by atoms with E-state index in [0.29, 0.717) is 47.4 Å². The molecule has 4 aromatic rings. The molecule has 0 unspecified atom stereocenters. The van der Waals surface area contributed by atoms with Crippen LogP contribution in [0.3, 0.4) is 0 Å². The van der Waals surface area contributed by atoms with Gasteiger partial charge in [-0.1, -0.05) is 24.7 Å². The summed E-state index contributed by atoms with van der Waals surface area (Å²) in [5, 5.41) is 9.81. The summed E-state index contributed by atoms with van der Waals surface area (Å²) in [5.74, 6) is 2.62. The first-order valence-corrected chi connectivity index (χ1v) is 15.1. The smallest absolute Gasteiger partial charge is 0.307 e. The van der Waals surface area contributed by atoms with Crippen LogP contribution in [-0.4, -0.2) is 38.0 Å². The molecule has 0 aliphatic rings. The van der Waals surface area contributed by atoms with E-state index in [-0.39, 0.29) is 10.8 Å². The van der Waals surface area contributed by atoms with Crippen molar-refractivity contribution in [1.29, 1.82) is 0 Å². The van der Waals surface area contributed by atoms with Gasteiger partial charge in [0.15, 0.2) is 0 Å². The molecular weight excluding hydrogens is 540 g/mol. The molecule has 3 N–H and O–H groups in total. The molecule has 9 nitrogen and oxygen atoms in total. The first-order chi connectivity index (χ1) is 18.7. The Labute approximate surface area is 231 Å². The molecule has 0 aliphatic heterocycles. The normalized spacial score (nSPS) is 11.2. The second-order valence-corrected chi connectivity index (χ2v) is 11.5. The van der Waals surface area contributed by atoms with Gasteiger partial charge in [-0.15, -0.1) is 0 Å². The van der Waals surface area contributed by atoms with Crippen LogP contribution in [-0.2, 0) is 16.4 Å². The maximum atomic E-state index is 11.4. The fraction of sp³-hybridized carbons (Fsp3) is 0.250. The van der Waals surface area contributed by atoms with E-state index in [1.165, 1.54) is 0 Å². The molecule has 0 saturated carbocycles. The lowest BCUT2D eigenvalue weighted by Crippen LogP contribution is -2.09. The molecule has 11 heteroatoms. The van der Waals surface area contributed by atoms with Crippen molar-refractivity contribution in [2.45, 2.75) is 26.2 Å². The zero-order valence-electron chi connectivity index (χ0n) is 21.6. The fourth-order valence-electron chi connectivity index (χ4n) is 3.82. The van der Waals surface area contributed by atoms with Gasteiger partial charge in [-0.2, -0.15) is 0 Å². The van der Waals surface area contributed by atoms with Crippen LogP contribution in [0.25, 0.3) is 10.4 Å². The Bertz CT molecular complexity index is 1540. The van der Waals surface area contributed by atoms with E-state index in [9.17, 15) is 18.3 Å². The Morgan fingerprint density at radius 3 is 2.23 bits per heavy atom. The lowest BCUT2D eigenvalue weighted by molar-refractivity contribution is 0.246. The van der Waals surface area contributed by atoms with Gasteiger partial charge in [-0.25, -0.2) is 8.42 Å². The number of benzene rings is 3. The van der Waals surface area contributed by atoms with E-state index >= 15 is 0 Å². The van der Waals surface area contributed by atoms with Gasteiger partial charge in [0.25, 0.3) is 0 Å². The lowest BCUT2D eigenvalue weighted by Gasteiger charge is -2.14. The number of aromatic amines is 1. The average Bonchev–Trinajstić information content (AvgIpc) is 3.23. The van der Waals surface area contributed by atoms with Crippen molar-refractivity contribution in [3.05, 3.63) is 82.0 Å².